The number of benzene rings is 1. The van der Waals surface area contributed by atoms with Crippen LogP contribution in [0.15, 0.2) is 18.2 Å². The summed E-state index contributed by atoms with van der Waals surface area (Å²) in [6.07, 6.45) is 3.66. The molecule has 1 fully saturated rings. The third kappa shape index (κ3) is 4.90. The first-order valence-corrected chi connectivity index (χ1v) is 7.83. The van der Waals surface area contributed by atoms with Crippen LogP contribution >= 0.6 is 0 Å². The number of nitrogens with zero attached hydrogens (tertiary/aromatic N) is 1. The topological polar surface area (TPSA) is 33.7 Å². The molecule has 0 saturated carbocycles. The Labute approximate surface area is 128 Å². The second-order valence-electron chi connectivity index (χ2n) is 5.89. The van der Waals surface area contributed by atoms with Crippen LogP contribution in [0.3, 0.4) is 0 Å². The van der Waals surface area contributed by atoms with Crippen LogP contribution in [0.1, 0.15) is 18.4 Å². The Bertz CT molecular complexity index is 429. The number of ether oxygens (including phenoxy) is 2. The quantitative estimate of drug-likeness (QED) is 0.781. The van der Waals surface area contributed by atoms with Gasteiger partial charge in [-0.2, -0.15) is 0 Å². The normalized spacial score (nSPS) is 16.9. The molecule has 4 heteroatoms. The Morgan fingerprint density at radius 2 is 1.86 bits per heavy atom. The minimum Gasteiger partial charge on any atom is -0.493 e. The lowest BCUT2D eigenvalue weighted by Gasteiger charge is -2.29. The number of hydrogen-bond acceptors (Lipinski definition) is 4. The zero-order valence-corrected chi connectivity index (χ0v) is 13.5. The van der Waals surface area contributed by atoms with Crippen LogP contribution in [0, 0.1) is 5.92 Å². The van der Waals surface area contributed by atoms with Crippen molar-refractivity contribution >= 4 is 0 Å². The van der Waals surface area contributed by atoms with Crippen LogP contribution in [0.4, 0.5) is 0 Å². The van der Waals surface area contributed by atoms with E-state index in [1.807, 2.05) is 6.07 Å². The smallest absolute Gasteiger partial charge is 0.160 e. The molecule has 0 spiro atoms. The molecule has 0 bridgehead atoms. The lowest BCUT2D eigenvalue weighted by molar-refractivity contribution is 0.216. The van der Waals surface area contributed by atoms with Gasteiger partial charge < -0.3 is 19.7 Å². The van der Waals surface area contributed by atoms with Gasteiger partial charge in [0.1, 0.15) is 0 Å². The van der Waals surface area contributed by atoms with Crippen molar-refractivity contribution in [3.63, 3.8) is 0 Å². The van der Waals surface area contributed by atoms with Crippen LogP contribution in [0.25, 0.3) is 0 Å². The van der Waals surface area contributed by atoms with E-state index in [9.17, 15) is 0 Å². The third-order valence-corrected chi connectivity index (χ3v) is 4.31. The van der Waals surface area contributed by atoms with Crippen LogP contribution in [0.5, 0.6) is 11.5 Å². The first kappa shape index (κ1) is 16.1. The molecule has 0 amide bonds. The highest BCUT2D eigenvalue weighted by atomic mass is 16.5. The molecule has 1 N–H and O–H groups in total. The Morgan fingerprint density at radius 3 is 2.52 bits per heavy atom. The minimum atomic E-state index is 0.792. The molecule has 1 saturated heterocycles. The molecule has 0 unspecified atom stereocenters. The van der Waals surface area contributed by atoms with Gasteiger partial charge in [-0.15, -0.1) is 0 Å². The van der Waals surface area contributed by atoms with Crippen LogP contribution < -0.4 is 14.8 Å². The fourth-order valence-electron chi connectivity index (χ4n) is 2.84. The maximum atomic E-state index is 5.34. The second-order valence-corrected chi connectivity index (χ2v) is 5.89. The van der Waals surface area contributed by atoms with E-state index in [2.05, 4.69) is 29.4 Å². The minimum absolute atomic E-state index is 0.792. The SMILES string of the molecule is COc1ccc(CCNCC2CCN(C)CC2)cc1OC. The second kappa shape index (κ2) is 8.25. The molecule has 0 radical (unpaired) electrons. The third-order valence-electron chi connectivity index (χ3n) is 4.31. The molecule has 1 aromatic rings. The Hall–Kier alpha value is -1.26. The monoisotopic (exact) mass is 292 g/mol. The van der Waals surface area contributed by atoms with Gasteiger partial charge >= 0.3 is 0 Å². The lowest BCUT2D eigenvalue weighted by Crippen LogP contribution is -2.35. The molecule has 2 rings (SSSR count). The molecular weight excluding hydrogens is 264 g/mol. The van der Waals surface area contributed by atoms with Gasteiger partial charge in [0.15, 0.2) is 11.5 Å². The van der Waals surface area contributed by atoms with E-state index in [4.69, 9.17) is 9.47 Å². The largest absolute Gasteiger partial charge is 0.493 e. The van der Waals surface area contributed by atoms with Crippen LogP contribution in [-0.4, -0.2) is 52.3 Å². The van der Waals surface area contributed by atoms with Crippen molar-refractivity contribution in [3.8, 4) is 11.5 Å². The average Bonchev–Trinajstić information content (AvgIpc) is 2.53. The fourth-order valence-corrected chi connectivity index (χ4v) is 2.84. The summed E-state index contributed by atoms with van der Waals surface area (Å²) in [4.78, 5) is 2.42. The van der Waals surface area contributed by atoms with Crippen molar-refractivity contribution in [2.24, 2.45) is 5.92 Å². The van der Waals surface area contributed by atoms with Crippen LogP contribution in [0.2, 0.25) is 0 Å². The molecular formula is C17H28N2O2. The van der Waals surface area contributed by atoms with Gasteiger partial charge in [-0.25, -0.2) is 0 Å². The number of piperidine rings is 1. The van der Waals surface area contributed by atoms with Gasteiger partial charge in [0.05, 0.1) is 14.2 Å². The fraction of sp³-hybridized carbons (Fsp3) is 0.647. The summed E-state index contributed by atoms with van der Waals surface area (Å²) >= 11 is 0. The van der Waals surface area contributed by atoms with E-state index < -0.39 is 0 Å². The Balaban J connectivity index is 1.71. The molecule has 0 atom stereocenters. The molecule has 21 heavy (non-hydrogen) atoms. The maximum Gasteiger partial charge on any atom is 0.160 e. The molecule has 1 aliphatic heterocycles. The van der Waals surface area contributed by atoms with Crippen molar-refractivity contribution < 1.29 is 9.47 Å². The summed E-state index contributed by atoms with van der Waals surface area (Å²) in [7, 11) is 5.56. The summed E-state index contributed by atoms with van der Waals surface area (Å²) in [6.45, 7) is 4.63. The van der Waals surface area contributed by atoms with Gasteiger partial charge in [-0.3, -0.25) is 0 Å². The summed E-state index contributed by atoms with van der Waals surface area (Å²) in [5, 5.41) is 3.59. The lowest BCUT2D eigenvalue weighted by atomic mass is 9.97. The van der Waals surface area contributed by atoms with E-state index in [0.717, 1.165) is 36.9 Å². The van der Waals surface area contributed by atoms with Crippen molar-refractivity contribution in [1.29, 1.82) is 0 Å². The standard InChI is InChI=1S/C17H28N2O2/c1-19-10-7-15(8-11-19)13-18-9-6-14-4-5-16(20-2)17(12-14)21-3/h4-5,12,15,18H,6-11,13H2,1-3H3. The molecule has 4 nitrogen and oxygen atoms in total. The first-order chi connectivity index (χ1) is 10.2. The van der Waals surface area contributed by atoms with Gasteiger partial charge in [0.2, 0.25) is 0 Å². The first-order valence-electron chi connectivity index (χ1n) is 7.83. The van der Waals surface area contributed by atoms with E-state index in [-0.39, 0.29) is 0 Å². The van der Waals surface area contributed by atoms with Gasteiger partial charge in [-0.1, -0.05) is 6.07 Å². The predicted molar refractivity (Wildman–Crippen MR) is 86.3 cm³/mol. The highest BCUT2D eigenvalue weighted by molar-refractivity contribution is 5.42. The van der Waals surface area contributed by atoms with Gasteiger partial charge in [0, 0.05) is 0 Å². The summed E-state index contributed by atoms with van der Waals surface area (Å²) in [5.41, 5.74) is 1.28. The van der Waals surface area contributed by atoms with Gasteiger partial charge in [0.25, 0.3) is 0 Å². The highest BCUT2D eigenvalue weighted by Gasteiger charge is 2.15. The molecule has 0 aliphatic carbocycles. The predicted octanol–water partition coefficient (Wildman–Crippen LogP) is 2.18. The van der Waals surface area contributed by atoms with Gasteiger partial charge in [-0.05, 0) is 76.1 Å². The number of nitrogens with one attached hydrogen (secondary N) is 1. The summed E-state index contributed by atoms with van der Waals surface area (Å²) in [5.74, 6) is 2.44. The van der Waals surface area contributed by atoms with E-state index >= 15 is 0 Å². The number of likely N-dealkylation sites (tertiary alicyclic amines) is 1. The summed E-state index contributed by atoms with van der Waals surface area (Å²) < 4.78 is 10.6. The van der Waals surface area contributed by atoms with E-state index in [1.165, 1.54) is 31.5 Å². The molecule has 1 aromatic carbocycles. The highest BCUT2D eigenvalue weighted by Crippen LogP contribution is 2.27. The van der Waals surface area contributed by atoms with E-state index in [0.29, 0.717) is 0 Å². The maximum absolute atomic E-state index is 5.34. The zero-order chi connectivity index (χ0) is 15.1. The number of rotatable bonds is 7. The zero-order valence-electron chi connectivity index (χ0n) is 13.5. The van der Waals surface area contributed by atoms with E-state index in [1.54, 1.807) is 14.2 Å². The molecule has 1 aliphatic rings. The van der Waals surface area contributed by atoms with Crippen molar-refractivity contribution in [2.45, 2.75) is 19.3 Å². The number of methoxy groups -OCH3 is 2. The van der Waals surface area contributed by atoms with Crippen LogP contribution in [-0.2, 0) is 6.42 Å². The molecule has 1 heterocycles. The molecule has 0 aromatic heterocycles. The number of hydrogen-bond donors (Lipinski definition) is 1. The Morgan fingerprint density at radius 1 is 1.14 bits per heavy atom. The summed E-state index contributed by atoms with van der Waals surface area (Å²) in [6, 6.07) is 6.15. The van der Waals surface area contributed by atoms with Crippen molar-refractivity contribution in [1.82, 2.24) is 10.2 Å². The molecule has 118 valence electrons. The van der Waals surface area contributed by atoms with Crippen molar-refractivity contribution in [3.05, 3.63) is 23.8 Å². The Kier molecular flexibility index (Phi) is 6.33. The average molecular weight is 292 g/mol. The van der Waals surface area contributed by atoms with Crippen molar-refractivity contribution in [2.75, 3.05) is 47.4 Å².